The topological polar surface area (TPSA) is 81.9 Å². The number of aromatic nitrogens is 4. The Morgan fingerprint density at radius 2 is 2.18 bits per heavy atom. The first-order valence-electron chi connectivity index (χ1n) is 6.53. The molecular weight excluding hydrogens is 282 g/mol. The second-order valence-corrected chi connectivity index (χ2v) is 4.43. The van der Waals surface area contributed by atoms with Gasteiger partial charge in [-0.05, 0) is 30.3 Å². The zero-order valence-corrected chi connectivity index (χ0v) is 11.8. The highest BCUT2D eigenvalue weighted by molar-refractivity contribution is 6.04. The van der Waals surface area contributed by atoms with E-state index in [1.165, 1.54) is 11.0 Å². The zero-order chi connectivity index (χ0) is 15.4. The number of carbonyl (C=O) groups excluding carboxylic acids is 1. The van der Waals surface area contributed by atoms with Crippen molar-refractivity contribution < 1.29 is 9.53 Å². The lowest BCUT2D eigenvalue weighted by Gasteiger charge is -2.07. The van der Waals surface area contributed by atoms with Gasteiger partial charge in [-0.1, -0.05) is 6.07 Å². The lowest BCUT2D eigenvalue weighted by Crippen LogP contribution is -2.12. The molecule has 0 aliphatic rings. The lowest BCUT2D eigenvalue weighted by molar-refractivity contribution is 0.102. The molecule has 1 amide bonds. The van der Waals surface area contributed by atoms with Gasteiger partial charge in [-0.2, -0.15) is 5.10 Å². The van der Waals surface area contributed by atoms with Gasteiger partial charge >= 0.3 is 0 Å². The number of amides is 1. The van der Waals surface area contributed by atoms with Crippen molar-refractivity contribution in [3.05, 3.63) is 60.8 Å². The Hall–Kier alpha value is -3.22. The first-order valence-corrected chi connectivity index (χ1v) is 6.53. The molecule has 0 unspecified atom stereocenters. The maximum Gasteiger partial charge on any atom is 0.255 e. The minimum absolute atomic E-state index is 0.228. The third kappa shape index (κ3) is 2.93. The first-order chi connectivity index (χ1) is 10.8. The molecule has 0 aliphatic carbocycles. The van der Waals surface area contributed by atoms with Gasteiger partial charge < -0.3 is 10.1 Å². The molecule has 2 heterocycles. The molecule has 0 radical (unpaired) electrons. The summed E-state index contributed by atoms with van der Waals surface area (Å²) in [4.78, 5) is 20.3. The van der Waals surface area contributed by atoms with Crippen molar-refractivity contribution in [2.45, 2.75) is 0 Å². The van der Waals surface area contributed by atoms with E-state index >= 15 is 0 Å². The summed E-state index contributed by atoms with van der Waals surface area (Å²) in [6.07, 6.45) is 4.55. The van der Waals surface area contributed by atoms with E-state index in [9.17, 15) is 4.79 Å². The predicted octanol–water partition coefficient (Wildman–Crippen LogP) is 1.92. The van der Waals surface area contributed by atoms with Gasteiger partial charge in [0, 0.05) is 5.56 Å². The minimum atomic E-state index is -0.228. The van der Waals surface area contributed by atoms with E-state index in [1.54, 1.807) is 56.0 Å². The molecule has 22 heavy (non-hydrogen) atoms. The second kappa shape index (κ2) is 6.04. The second-order valence-electron chi connectivity index (χ2n) is 4.43. The summed E-state index contributed by atoms with van der Waals surface area (Å²) in [5.41, 5.74) is 1.11. The van der Waals surface area contributed by atoms with Crippen LogP contribution in [0, 0.1) is 0 Å². The smallest absolute Gasteiger partial charge is 0.255 e. The van der Waals surface area contributed by atoms with Gasteiger partial charge in [-0.25, -0.2) is 14.6 Å². The number of nitrogens with one attached hydrogen (secondary N) is 1. The molecule has 7 nitrogen and oxygen atoms in total. The normalized spacial score (nSPS) is 10.2. The van der Waals surface area contributed by atoms with Gasteiger partial charge in [0.1, 0.15) is 18.4 Å². The SMILES string of the molecule is COc1cccc(C(=O)Nc2ccc(-n3cncn3)nc2)c1. The quantitative estimate of drug-likeness (QED) is 0.795. The highest BCUT2D eigenvalue weighted by Crippen LogP contribution is 2.15. The standard InChI is InChI=1S/C15H13N5O2/c1-22-13-4-2-3-11(7-13)15(21)19-12-5-6-14(17-8-12)20-10-16-9-18-20/h2-10H,1H3,(H,19,21). The number of rotatable bonds is 4. The van der Waals surface area contributed by atoms with E-state index in [-0.39, 0.29) is 5.91 Å². The Morgan fingerprint density at radius 1 is 1.27 bits per heavy atom. The molecular formula is C15H13N5O2. The molecule has 0 fully saturated rings. The first kappa shape index (κ1) is 13.7. The van der Waals surface area contributed by atoms with Crippen LogP contribution in [0.25, 0.3) is 5.82 Å². The molecule has 0 spiro atoms. The number of carbonyl (C=O) groups is 1. The maximum atomic E-state index is 12.2. The van der Waals surface area contributed by atoms with Crippen LogP contribution >= 0.6 is 0 Å². The Balaban J connectivity index is 1.74. The Bertz CT molecular complexity index is 769. The molecule has 1 aromatic carbocycles. The summed E-state index contributed by atoms with van der Waals surface area (Å²) in [5.74, 6) is 1.03. The highest BCUT2D eigenvalue weighted by atomic mass is 16.5. The fourth-order valence-corrected chi connectivity index (χ4v) is 1.89. The summed E-state index contributed by atoms with van der Waals surface area (Å²) in [7, 11) is 1.56. The van der Waals surface area contributed by atoms with Crippen LogP contribution in [0.1, 0.15) is 10.4 Å². The highest BCUT2D eigenvalue weighted by Gasteiger charge is 2.07. The van der Waals surface area contributed by atoms with Crippen LogP contribution in [-0.2, 0) is 0 Å². The summed E-state index contributed by atoms with van der Waals surface area (Å²) in [5, 5.41) is 6.77. The van der Waals surface area contributed by atoms with Crippen molar-refractivity contribution >= 4 is 11.6 Å². The van der Waals surface area contributed by atoms with Crippen LogP contribution in [0.5, 0.6) is 5.75 Å². The Morgan fingerprint density at radius 3 is 2.86 bits per heavy atom. The van der Waals surface area contributed by atoms with Crippen molar-refractivity contribution in [3.8, 4) is 11.6 Å². The van der Waals surface area contributed by atoms with Gasteiger partial charge in [0.15, 0.2) is 5.82 Å². The van der Waals surface area contributed by atoms with E-state index in [2.05, 4.69) is 20.4 Å². The molecule has 0 aliphatic heterocycles. The van der Waals surface area contributed by atoms with Crippen molar-refractivity contribution in [2.75, 3.05) is 12.4 Å². The van der Waals surface area contributed by atoms with Crippen molar-refractivity contribution in [2.24, 2.45) is 0 Å². The number of ether oxygens (including phenoxy) is 1. The van der Waals surface area contributed by atoms with Gasteiger partial charge in [0.2, 0.25) is 0 Å². The fourth-order valence-electron chi connectivity index (χ4n) is 1.89. The van der Waals surface area contributed by atoms with E-state index in [1.807, 2.05) is 0 Å². The lowest BCUT2D eigenvalue weighted by atomic mass is 10.2. The van der Waals surface area contributed by atoms with Crippen LogP contribution in [0.3, 0.4) is 0 Å². The van der Waals surface area contributed by atoms with E-state index in [0.29, 0.717) is 22.8 Å². The molecule has 0 saturated carbocycles. The average molecular weight is 295 g/mol. The number of hydrogen-bond donors (Lipinski definition) is 1. The van der Waals surface area contributed by atoms with Crippen molar-refractivity contribution in [3.63, 3.8) is 0 Å². The molecule has 2 aromatic heterocycles. The number of methoxy groups -OCH3 is 1. The molecule has 0 atom stereocenters. The van der Waals surface area contributed by atoms with Gasteiger partial charge in [-0.3, -0.25) is 4.79 Å². The van der Waals surface area contributed by atoms with Crippen LogP contribution in [-0.4, -0.2) is 32.8 Å². The van der Waals surface area contributed by atoms with Gasteiger partial charge in [-0.15, -0.1) is 0 Å². The fraction of sp³-hybridized carbons (Fsp3) is 0.0667. The summed E-state index contributed by atoms with van der Waals surface area (Å²) in [6.45, 7) is 0. The number of pyridine rings is 1. The third-order valence-electron chi connectivity index (χ3n) is 2.99. The van der Waals surface area contributed by atoms with Gasteiger partial charge in [0.05, 0.1) is 19.0 Å². The third-order valence-corrected chi connectivity index (χ3v) is 2.99. The number of anilines is 1. The molecule has 110 valence electrons. The zero-order valence-electron chi connectivity index (χ0n) is 11.8. The van der Waals surface area contributed by atoms with Crippen LogP contribution in [0.15, 0.2) is 55.2 Å². The minimum Gasteiger partial charge on any atom is -0.497 e. The Kier molecular flexibility index (Phi) is 3.78. The molecule has 3 rings (SSSR count). The largest absolute Gasteiger partial charge is 0.497 e. The van der Waals surface area contributed by atoms with Crippen LogP contribution in [0.2, 0.25) is 0 Å². The summed E-state index contributed by atoms with van der Waals surface area (Å²) >= 11 is 0. The van der Waals surface area contributed by atoms with E-state index in [4.69, 9.17) is 4.74 Å². The molecule has 7 heteroatoms. The predicted molar refractivity (Wildman–Crippen MR) is 80.1 cm³/mol. The van der Waals surface area contributed by atoms with E-state index in [0.717, 1.165) is 0 Å². The van der Waals surface area contributed by atoms with Gasteiger partial charge in [0.25, 0.3) is 5.91 Å². The summed E-state index contributed by atoms with van der Waals surface area (Å²) in [6, 6.07) is 10.4. The van der Waals surface area contributed by atoms with E-state index < -0.39 is 0 Å². The summed E-state index contributed by atoms with van der Waals surface area (Å²) < 4.78 is 6.64. The van der Waals surface area contributed by atoms with Crippen LogP contribution in [0.4, 0.5) is 5.69 Å². The van der Waals surface area contributed by atoms with Crippen molar-refractivity contribution in [1.82, 2.24) is 19.7 Å². The Labute approximate surface area is 126 Å². The average Bonchev–Trinajstić information content (AvgIpc) is 3.10. The monoisotopic (exact) mass is 295 g/mol. The molecule has 0 bridgehead atoms. The number of hydrogen-bond acceptors (Lipinski definition) is 5. The van der Waals surface area contributed by atoms with Crippen molar-refractivity contribution in [1.29, 1.82) is 0 Å². The van der Waals surface area contributed by atoms with Crippen LogP contribution < -0.4 is 10.1 Å². The maximum absolute atomic E-state index is 12.2. The molecule has 3 aromatic rings. The number of nitrogens with zero attached hydrogens (tertiary/aromatic N) is 4. The number of benzene rings is 1. The molecule has 1 N–H and O–H groups in total. The molecule has 0 saturated heterocycles.